The van der Waals surface area contributed by atoms with Crippen molar-refractivity contribution in [2.24, 2.45) is 5.92 Å². The van der Waals surface area contributed by atoms with Crippen LogP contribution in [-0.4, -0.2) is 10.9 Å². The highest BCUT2D eigenvalue weighted by Crippen LogP contribution is 2.17. The Kier molecular flexibility index (Phi) is 5.23. The van der Waals surface area contributed by atoms with Crippen LogP contribution in [0.2, 0.25) is 0 Å². The highest BCUT2D eigenvalue weighted by molar-refractivity contribution is 9.10. The van der Waals surface area contributed by atoms with Gasteiger partial charge in [-0.3, -0.25) is 4.79 Å². The Hall–Kier alpha value is -1.55. The zero-order chi connectivity index (χ0) is 15.4. The molecular weight excluding hydrogens is 328 g/mol. The van der Waals surface area contributed by atoms with Crippen LogP contribution in [0.4, 0.5) is 0 Å². The summed E-state index contributed by atoms with van der Waals surface area (Å²) >= 11 is 3.33. The third kappa shape index (κ3) is 4.46. The quantitative estimate of drug-likeness (QED) is 0.822. The van der Waals surface area contributed by atoms with Crippen molar-refractivity contribution in [1.29, 1.82) is 0 Å². The molecule has 112 valence electrons. The van der Waals surface area contributed by atoms with Crippen LogP contribution in [0.25, 0.3) is 0 Å². The molecule has 0 bridgehead atoms. The lowest BCUT2D eigenvalue weighted by atomic mass is 10.00. The second-order valence-corrected chi connectivity index (χ2v) is 6.68. The zero-order valence-corrected chi connectivity index (χ0v) is 14.2. The van der Waals surface area contributed by atoms with Gasteiger partial charge in [-0.2, -0.15) is 0 Å². The van der Waals surface area contributed by atoms with Gasteiger partial charge in [0.25, 0.3) is 5.91 Å². The molecule has 1 unspecified atom stereocenters. The van der Waals surface area contributed by atoms with E-state index in [2.05, 4.69) is 64.3 Å². The summed E-state index contributed by atoms with van der Waals surface area (Å²) in [7, 11) is 0. The maximum Gasteiger partial charge on any atom is 0.268 e. The van der Waals surface area contributed by atoms with E-state index in [9.17, 15) is 4.79 Å². The summed E-state index contributed by atoms with van der Waals surface area (Å²) in [5, 5.41) is 3.00. The van der Waals surface area contributed by atoms with Gasteiger partial charge in [-0.15, -0.1) is 0 Å². The molecule has 2 rings (SSSR count). The van der Waals surface area contributed by atoms with Gasteiger partial charge in [-0.05, 0) is 52.4 Å². The van der Waals surface area contributed by atoms with E-state index in [1.807, 2.05) is 6.92 Å². The predicted octanol–water partition coefficient (Wildman–Crippen LogP) is 4.47. The highest BCUT2D eigenvalue weighted by atomic mass is 79.9. The Morgan fingerprint density at radius 2 is 1.90 bits per heavy atom. The van der Waals surface area contributed by atoms with Crippen molar-refractivity contribution in [2.45, 2.75) is 33.2 Å². The first-order valence-corrected chi connectivity index (χ1v) is 7.98. The number of rotatable bonds is 5. The molecular formula is C17H21BrN2O. The third-order valence-electron chi connectivity index (χ3n) is 3.36. The van der Waals surface area contributed by atoms with Crippen molar-refractivity contribution < 1.29 is 4.79 Å². The van der Waals surface area contributed by atoms with Crippen LogP contribution in [-0.2, 0) is 6.42 Å². The van der Waals surface area contributed by atoms with Crippen molar-refractivity contribution >= 4 is 21.8 Å². The van der Waals surface area contributed by atoms with Crippen LogP contribution in [0.15, 0.2) is 41.0 Å². The number of H-pyrrole nitrogens is 1. The summed E-state index contributed by atoms with van der Waals surface area (Å²) < 4.78 is 0.873. The second-order valence-electron chi connectivity index (χ2n) is 5.77. The third-order valence-corrected chi connectivity index (χ3v) is 3.82. The first-order chi connectivity index (χ1) is 9.95. The molecule has 1 amide bonds. The van der Waals surface area contributed by atoms with Crippen molar-refractivity contribution in [3.8, 4) is 0 Å². The average Bonchev–Trinajstić information content (AvgIpc) is 2.85. The van der Waals surface area contributed by atoms with Gasteiger partial charge >= 0.3 is 0 Å². The van der Waals surface area contributed by atoms with E-state index >= 15 is 0 Å². The van der Waals surface area contributed by atoms with Crippen LogP contribution >= 0.6 is 15.9 Å². The van der Waals surface area contributed by atoms with E-state index < -0.39 is 0 Å². The Morgan fingerprint density at radius 3 is 2.43 bits per heavy atom. The van der Waals surface area contributed by atoms with Gasteiger partial charge in [0, 0.05) is 10.7 Å². The van der Waals surface area contributed by atoms with Gasteiger partial charge < -0.3 is 10.3 Å². The molecule has 0 aliphatic carbocycles. The molecule has 1 atom stereocenters. The van der Waals surface area contributed by atoms with Gasteiger partial charge in [0.05, 0.1) is 6.04 Å². The number of benzene rings is 1. The van der Waals surface area contributed by atoms with Gasteiger partial charge in [-0.1, -0.05) is 38.1 Å². The summed E-state index contributed by atoms with van der Waals surface area (Å²) in [5.41, 5.74) is 3.01. The molecule has 0 saturated carbocycles. The topological polar surface area (TPSA) is 44.9 Å². The number of carbonyl (C=O) groups is 1. The van der Waals surface area contributed by atoms with Crippen LogP contribution in [0, 0.1) is 5.92 Å². The monoisotopic (exact) mass is 348 g/mol. The molecule has 0 aliphatic heterocycles. The fourth-order valence-corrected chi connectivity index (χ4v) is 2.61. The molecule has 0 radical (unpaired) electrons. The maximum atomic E-state index is 12.1. The number of carbonyl (C=O) groups excluding carboxylic acids is 1. The molecule has 1 aromatic heterocycles. The largest absolute Gasteiger partial charge is 0.356 e. The standard InChI is InChI=1S/C17H21BrN2O/c1-11(2)8-13-4-6-14(7-5-13)12(3)20-17(21)16-9-15(18)10-19-16/h4-7,9-12,19H,8H2,1-3H3,(H,20,21). The SMILES string of the molecule is CC(C)Cc1ccc(C(C)NC(=O)c2cc(Br)c[nH]2)cc1. The van der Waals surface area contributed by atoms with E-state index in [-0.39, 0.29) is 11.9 Å². The average molecular weight is 349 g/mol. The number of aromatic amines is 1. The minimum absolute atomic E-state index is 0.0207. The molecule has 3 nitrogen and oxygen atoms in total. The Balaban J connectivity index is 1.99. The molecule has 0 fully saturated rings. The smallest absolute Gasteiger partial charge is 0.268 e. The van der Waals surface area contributed by atoms with Gasteiger partial charge in [0.15, 0.2) is 0 Å². The number of amides is 1. The summed E-state index contributed by atoms with van der Waals surface area (Å²) in [5.74, 6) is 0.554. The molecule has 1 aromatic carbocycles. The van der Waals surface area contributed by atoms with E-state index in [1.165, 1.54) is 5.56 Å². The molecule has 0 spiro atoms. The van der Waals surface area contributed by atoms with Crippen molar-refractivity contribution in [3.05, 3.63) is 57.8 Å². The summed E-state index contributed by atoms with van der Waals surface area (Å²) in [6.45, 7) is 6.42. The predicted molar refractivity (Wildman–Crippen MR) is 89.4 cm³/mol. The van der Waals surface area contributed by atoms with Crippen LogP contribution in [0.3, 0.4) is 0 Å². The molecule has 2 N–H and O–H groups in total. The van der Waals surface area contributed by atoms with Crippen LogP contribution < -0.4 is 5.32 Å². The second kappa shape index (κ2) is 6.94. The summed E-state index contributed by atoms with van der Waals surface area (Å²) in [6.07, 6.45) is 2.83. The molecule has 0 aliphatic rings. The fraction of sp³-hybridized carbons (Fsp3) is 0.353. The molecule has 2 aromatic rings. The molecule has 0 saturated heterocycles. The van der Waals surface area contributed by atoms with E-state index in [0.717, 1.165) is 16.5 Å². The summed E-state index contributed by atoms with van der Waals surface area (Å²) in [6, 6.07) is 10.2. The first kappa shape index (κ1) is 15.8. The van der Waals surface area contributed by atoms with E-state index in [1.54, 1.807) is 12.3 Å². The maximum absolute atomic E-state index is 12.1. The lowest BCUT2D eigenvalue weighted by molar-refractivity contribution is 0.0935. The number of nitrogens with one attached hydrogen (secondary N) is 2. The van der Waals surface area contributed by atoms with Crippen LogP contribution in [0.5, 0.6) is 0 Å². The number of hydrogen-bond donors (Lipinski definition) is 2. The zero-order valence-electron chi connectivity index (χ0n) is 12.6. The Morgan fingerprint density at radius 1 is 1.24 bits per heavy atom. The number of aromatic nitrogens is 1. The van der Waals surface area contributed by atoms with E-state index in [4.69, 9.17) is 0 Å². The lowest BCUT2D eigenvalue weighted by Gasteiger charge is -2.14. The van der Waals surface area contributed by atoms with Gasteiger partial charge in [0.2, 0.25) is 0 Å². The minimum Gasteiger partial charge on any atom is -0.356 e. The Labute approximate surface area is 134 Å². The number of hydrogen-bond acceptors (Lipinski definition) is 1. The molecule has 4 heteroatoms. The normalized spacial score (nSPS) is 12.4. The Bertz CT molecular complexity index is 602. The van der Waals surface area contributed by atoms with Crippen molar-refractivity contribution in [2.75, 3.05) is 0 Å². The first-order valence-electron chi connectivity index (χ1n) is 7.19. The van der Waals surface area contributed by atoms with Crippen molar-refractivity contribution in [1.82, 2.24) is 10.3 Å². The molecule has 1 heterocycles. The van der Waals surface area contributed by atoms with Crippen LogP contribution in [0.1, 0.15) is 48.4 Å². The van der Waals surface area contributed by atoms with E-state index in [0.29, 0.717) is 11.6 Å². The lowest BCUT2D eigenvalue weighted by Crippen LogP contribution is -2.26. The van der Waals surface area contributed by atoms with Crippen molar-refractivity contribution in [3.63, 3.8) is 0 Å². The van der Waals surface area contributed by atoms with Gasteiger partial charge in [-0.25, -0.2) is 0 Å². The summed E-state index contributed by atoms with van der Waals surface area (Å²) in [4.78, 5) is 15.0. The highest BCUT2D eigenvalue weighted by Gasteiger charge is 2.12. The number of halogens is 1. The van der Waals surface area contributed by atoms with Gasteiger partial charge in [0.1, 0.15) is 5.69 Å². The minimum atomic E-state index is -0.0977. The fourth-order valence-electron chi connectivity index (χ4n) is 2.27. The molecule has 21 heavy (non-hydrogen) atoms.